The van der Waals surface area contributed by atoms with Crippen LogP contribution in [0.5, 0.6) is 0 Å². The number of aryl methyl sites for hydroxylation is 1. The summed E-state index contributed by atoms with van der Waals surface area (Å²) in [5.74, 6) is -0.350. The summed E-state index contributed by atoms with van der Waals surface area (Å²) in [6.07, 6.45) is 12.8. The van der Waals surface area contributed by atoms with Crippen molar-refractivity contribution in [1.82, 2.24) is 0 Å². The molecule has 4 heteroatoms. The summed E-state index contributed by atoms with van der Waals surface area (Å²) in [6, 6.07) is 6.42. The van der Waals surface area contributed by atoms with Gasteiger partial charge in [0.1, 0.15) is 5.76 Å². The number of hydrogen-bond donors (Lipinski definition) is 0. The molecule has 0 heterocycles. The Hall–Kier alpha value is -3.40. The van der Waals surface area contributed by atoms with Gasteiger partial charge >= 0.3 is 11.9 Å². The van der Waals surface area contributed by atoms with E-state index in [1.807, 2.05) is 18.2 Å². The summed E-state index contributed by atoms with van der Waals surface area (Å²) in [6.45, 7) is 14.9. The van der Waals surface area contributed by atoms with Gasteiger partial charge < -0.3 is 9.47 Å². The van der Waals surface area contributed by atoms with Crippen molar-refractivity contribution in [3.8, 4) is 0 Å². The highest BCUT2D eigenvalue weighted by Gasteiger charge is 2.08. The average molecular weight is 419 g/mol. The lowest BCUT2D eigenvalue weighted by molar-refractivity contribution is -0.139. The lowest BCUT2D eigenvalue weighted by atomic mass is 9.97. The average Bonchev–Trinajstić information content (AvgIpc) is 2.72. The summed E-state index contributed by atoms with van der Waals surface area (Å²) in [5, 5.41) is 0. The zero-order chi connectivity index (χ0) is 22.8. The van der Waals surface area contributed by atoms with Crippen LogP contribution >= 0.6 is 0 Å². The van der Waals surface area contributed by atoms with Gasteiger partial charge in [-0.1, -0.05) is 56.2 Å². The molecule has 0 saturated carbocycles. The van der Waals surface area contributed by atoms with E-state index < -0.39 is 5.97 Å². The van der Waals surface area contributed by atoms with Crippen molar-refractivity contribution >= 4 is 18.0 Å². The van der Waals surface area contributed by atoms with Crippen LogP contribution in [0, 0.1) is 0 Å². The number of carbonyl (C=O) groups excluding carboxylic acids is 2. The van der Waals surface area contributed by atoms with Crippen LogP contribution in [-0.2, 0) is 31.9 Å². The lowest BCUT2D eigenvalue weighted by Gasteiger charge is -2.10. The normalized spacial score (nSPS) is 15.2. The van der Waals surface area contributed by atoms with Crippen molar-refractivity contribution in [2.45, 2.75) is 39.5 Å². The molecule has 1 aromatic carbocycles. The second-order valence-electron chi connectivity index (χ2n) is 7.64. The summed E-state index contributed by atoms with van der Waals surface area (Å²) in [5.41, 5.74) is 5.03. The van der Waals surface area contributed by atoms with Crippen LogP contribution in [0.4, 0.5) is 0 Å². The molecule has 2 rings (SSSR count). The smallest absolute Gasteiger partial charge is 0.338 e. The molecule has 0 bridgehead atoms. The minimum absolute atomic E-state index is 0.335. The topological polar surface area (TPSA) is 52.6 Å². The number of rotatable bonds is 8. The van der Waals surface area contributed by atoms with Gasteiger partial charge in [0.05, 0.1) is 6.61 Å². The minimum atomic E-state index is -0.454. The Morgan fingerprint density at radius 3 is 2.45 bits per heavy atom. The van der Waals surface area contributed by atoms with Crippen LogP contribution in [0.25, 0.3) is 6.08 Å². The Morgan fingerprint density at radius 1 is 1.00 bits per heavy atom. The third-order valence-electron chi connectivity index (χ3n) is 4.64. The highest BCUT2D eigenvalue weighted by atomic mass is 16.5. The number of esters is 2. The SMILES string of the molecule is C=C1C=C(OC(=O)C(=C)C)/C=C\Cc2ccc(CCCCOC(=O)C(=C)C)cc2/C=C\1. The van der Waals surface area contributed by atoms with E-state index in [0.717, 1.165) is 30.4 Å². The lowest BCUT2D eigenvalue weighted by Crippen LogP contribution is -2.06. The Balaban J connectivity index is 2.02. The maximum atomic E-state index is 11.8. The first-order valence-corrected chi connectivity index (χ1v) is 10.3. The second kappa shape index (κ2) is 11.7. The zero-order valence-electron chi connectivity index (χ0n) is 18.4. The molecule has 0 unspecified atom stereocenters. The molecular weight excluding hydrogens is 388 g/mol. The van der Waals surface area contributed by atoms with Crippen LogP contribution < -0.4 is 0 Å². The van der Waals surface area contributed by atoms with E-state index in [1.165, 1.54) is 11.1 Å². The van der Waals surface area contributed by atoms with E-state index in [-0.39, 0.29) is 5.97 Å². The third kappa shape index (κ3) is 8.09. The van der Waals surface area contributed by atoms with Crippen molar-refractivity contribution < 1.29 is 19.1 Å². The van der Waals surface area contributed by atoms with Crippen molar-refractivity contribution in [2.24, 2.45) is 0 Å². The molecular formula is C27H30O4. The highest BCUT2D eigenvalue weighted by Crippen LogP contribution is 2.20. The molecule has 0 amide bonds. The van der Waals surface area contributed by atoms with Gasteiger partial charge in [-0.2, -0.15) is 0 Å². The largest absolute Gasteiger partial charge is 0.462 e. The van der Waals surface area contributed by atoms with Crippen LogP contribution in [0.3, 0.4) is 0 Å². The van der Waals surface area contributed by atoms with E-state index in [2.05, 4.69) is 37.9 Å². The number of allylic oxidation sites excluding steroid dienone is 5. The van der Waals surface area contributed by atoms with Crippen LogP contribution in [0.1, 0.15) is 43.4 Å². The molecule has 0 spiro atoms. The number of ether oxygens (including phenoxy) is 2. The molecule has 31 heavy (non-hydrogen) atoms. The molecule has 0 aromatic heterocycles. The van der Waals surface area contributed by atoms with Gasteiger partial charge in [-0.15, -0.1) is 0 Å². The number of unbranched alkanes of at least 4 members (excludes halogenated alkanes) is 1. The molecule has 0 atom stereocenters. The summed E-state index contributed by atoms with van der Waals surface area (Å²) in [4.78, 5) is 23.2. The predicted octanol–water partition coefficient (Wildman–Crippen LogP) is 5.81. The van der Waals surface area contributed by atoms with Gasteiger partial charge in [0.15, 0.2) is 0 Å². The maximum absolute atomic E-state index is 11.8. The molecule has 4 nitrogen and oxygen atoms in total. The first kappa shape index (κ1) is 23.9. The molecule has 1 aromatic rings. The van der Waals surface area contributed by atoms with E-state index in [1.54, 1.807) is 26.0 Å². The van der Waals surface area contributed by atoms with Crippen molar-refractivity contribution in [1.29, 1.82) is 0 Å². The van der Waals surface area contributed by atoms with Crippen molar-refractivity contribution in [2.75, 3.05) is 6.61 Å². The predicted molar refractivity (Wildman–Crippen MR) is 125 cm³/mol. The number of hydrogen-bond acceptors (Lipinski definition) is 4. The van der Waals surface area contributed by atoms with Gasteiger partial charge in [0.25, 0.3) is 0 Å². The van der Waals surface area contributed by atoms with Gasteiger partial charge in [-0.05, 0) is 73.9 Å². The van der Waals surface area contributed by atoms with Gasteiger partial charge in [0, 0.05) is 11.1 Å². The molecule has 0 fully saturated rings. The number of carbonyl (C=O) groups is 2. The zero-order valence-corrected chi connectivity index (χ0v) is 18.4. The molecule has 0 saturated heterocycles. The first-order chi connectivity index (χ1) is 14.8. The second-order valence-corrected chi connectivity index (χ2v) is 7.64. The first-order valence-electron chi connectivity index (χ1n) is 10.3. The maximum Gasteiger partial charge on any atom is 0.338 e. The van der Waals surface area contributed by atoms with Gasteiger partial charge in [-0.3, -0.25) is 0 Å². The summed E-state index contributed by atoms with van der Waals surface area (Å²) >= 11 is 0. The van der Waals surface area contributed by atoms with Gasteiger partial charge in [-0.25, -0.2) is 9.59 Å². The fraction of sp³-hybridized carbons (Fsp3) is 0.259. The number of fused-ring (bicyclic) bond motifs is 1. The minimum Gasteiger partial charge on any atom is -0.462 e. The van der Waals surface area contributed by atoms with Crippen LogP contribution in [0.2, 0.25) is 0 Å². The quantitative estimate of drug-likeness (QED) is 0.303. The van der Waals surface area contributed by atoms with E-state index in [0.29, 0.717) is 29.9 Å². The Morgan fingerprint density at radius 2 is 1.74 bits per heavy atom. The fourth-order valence-corrected chi connectivity index (χ4v) is 2.90. The molecule has 162 valence electrons. The van der Waals surface area contributed by atoms with E-state index in [9.17, 15) is 9.59 Å². The molecule has 1 aliphatic rings. The summed E-state index contributed by atoms with van der Waals surface area (Å²) in [7, 11) is 0. The monoisotopic (exact) mass is 418 g/mol. The molecule has 0 aliphatic heterocycles. The van der Waals surface area contributed by atoms with Crippen molar-refractivity contribution in [3.05, 3.63) is 101 Å². The van der Waals surface area contributed by atoms with Crippen LogP contribution in [-0.4, -0.2) is 18.5 Å². The Kier molecular flexibility index (Phi) is 9.01. The van der Waals surface area contributed by atoms with E-state index in [4.69, 9.17) is 9.47 Å². The Bertz CT molecular complexity index is 973. The van der Waals surface area contributed by atoms with Gasteiger partial charge in [0.2, 0.25) is 0 Å². The highest BCUT2D eigenvalue weighted by molar-refractivity contribution is 5.88. The summed E-state index contributed by atoms with van der Waals surface area (Å²) < 4.78 is 10.5. The fourth-order valence-electron chi connectivity index (χ4n) is 2.90. The third-order valence-corrected chi connectivity index (χ3v) is 4.64. The molecule has 1 aliphatic carbocycles. The van der Waals surface area contributed by atoms with Crippen LogP contribution in [0.15, 0.2) is 84.7 Å². The van der Waals surface area contributed by atoms with Crippen molar-refractivity contribution in [3.63, 3.8) is 0 Å². The molecule has 0 N–H and O–H groups in total. The van der Waals surface area contributed by atoms with E-state index >= 15 is 0 Å². The standard InChI is InChI=1S/C27H30O4/c1-19(2)26(28)30-16-7-6-9-22-13-15-23-10-8-11-25(31-27(29)20(3)4)17-21(5)12-14-24(23)18-22/h8,11-15,17-18H,1,3,5-7,9-10,16H2,2,4H3/b11-8-,14-12-,25-17?. The number of benzene rings is 1. The Labute approximate surface area is 185 Å². The molecule has 0 radical (unpaired) electrons.